The highest BCUT2D eigenvalue weighted by Gasteiger charge is 2.11. The van der Waals surface area contributed by atoms with Crippen LogP contribution in [0.25, 0.3) is 11.1 Å². The monoisotopic (exact) mass is 241 g/mol. The van der Waals surface area contributed by atoms with Crippen molar-refractivity contribution < 1.29 is 4.39 Å². The van der Waals surface area contributed by atoms with Gasteiger partial charge in [0.15, 0.2) is 0 Å². The number of anilines is 1. The number of nitrogens with two attached hydrogens (primary N) is 1. The molecule has 18 heavy (non-hydrogen) atoms. The molecule has 2 aromatic rings. The van der Waals surface area contributed by atoms with Gasteiger partial charge in [0.25, 0.3) is 0 Å². The molecule has 0 bridgehead atoms. The van der Waals surface area contributed by atoms with E-state index in [1.54, 1.807) is 6.07 Å². The van der Waals surface area contributed by atoms with Crippen LogP contribution in [-0.2, 0) is 12.8 Å². The Hall–Kier alpha value is -1.83. The van der Waals surface area contributed by atoms with Gasteiger partial charge in [-0.3, -0.25) is 0 Å². The van der Waals surface area contributed by atoms with Crippen molar-refractivity contribution in [3.63, 3.8) is 0 Å². The topological polar surface area (TPSA) is 26.0 Å². The Morgan fingerprint density at radius 3 is 2.44 bits per heavy atom. The van der Waals surface area contributed by atoms with E-state index in [0.717, 1.165) is 17.5 Å². The summed E-state index contributed by atoms with van der Waals surface area (Å²) in [5.41, 5.74) is 11.3. The SMILES string of the molecule is Nc1cc(F)ccc1-c1ccc2c(c1)CCCC2. The van der Waals surface area contributed by atoms with Gasteiger partial charge in [0.1, 0.15) is 5.82 Å². The summed E-state index contributed by atoms with van der Waals surface area (Å²) in [6.45, 7) is 0. The smallest absolute Gasteiger partial charge is 0.125 e. The number of halogens is 1. The van der Waals surface area contributed by atoms with Gasteiger partial charge in [-0.2, -0.15) is 0 Å². The molecule has 0 aliphatic heterocycles. The molecule has 2 N–H and O–H groups in total. The van der Waals surface area contributed by atoms with Crippen molar-refractivity contribution >= 4 is 5.69 Å². The van der Waals surface area contributed by atoms with Crippen LogP contribution in [0.3, 0.4) is 0 Å². The zero-order valence-corrected chi connectivity index (χ0v) is 10.2. The molecule has 92 valence electrons. The highest BCUT2D eigenvalue weighted by atomic mass is 19.1. The van der Waals surface area contributed by atoms with Gasteiger partial charge in [0.05, 0.1) is 0 Å². The Bertz CT molecular complexity index is 590. The third-order valence-corrected chi connectivity index (χ3v) is 3.67. The van der Waals surface area contributed by atoms with E-state index >= 15 is 0 Å². The zero-order valence-electron chi connectivity index (χ0n) is 10.2. The lowest BCUT2D eigenvalue weighted by Gasteiger charge is -2.17. The van der Waals surface area contributed by atoms with Crippen LogP contribution < -0.4 is 5.73 Å². The molecular weight excluding hydrogens is 225 g/mol. The van der Waals surface area contributed by atoms with Gasteiger partial charge >= 0.3 is 0 Å². The molecule has 2 heteroatoms. The van der Waals surface area contributed by atoms with Crippen molar-refractivity contribution in [2.45, 2.75) is 25.7 Å². The Labute approximate surface area is 106 Å². The molecule has 1 nitrogen and oxygen atoms in total. The van der Waals surface area contributed by atoms with Crippen molar-refractivity contribution in [2.24, 2.45) is 0 Å². The molecule has 0 spiro atoms. The van der Waals surface area contributed by atoms with Crippen LogP contribution in [0.4, 0.5) is 10.1 Å². The molecule has 2 aromatic carbocycles. The first-order valence-electron chi connectivity index (χ1n) is 6.41. The fourth-order valence-corrected chi connectivity index (χ4v) is 2.70. The first kappa shape index (κ1) is 11.3. The number of rotatable bonds is 1. The highest BCUT2D eigenvalue weighted by molar-refractivity contribution is 5.76. The number of nitrogen functional groups attached to an aromatic ring is 1. The second-order valence-electron chi connectivity index (χ2n) is 4.92. The van der Waals surface area contributed by atoms with E-state index in [2.05, 4.69) is 18.2 Å². The van der Waals surface area contributed by atoms with Crippen molar-refractivity contribution in [1.29, 1.82) is 0 Å². The molecular formula is C16H16FN. The minimum atomic E-state index is -0.283. The summed E-state index contributed by atoms with van der Waals surface area (Å²) in [7, 11) is 0. The van der Waals surface area contributed by atoms with E-state index in [1.165, 1.54) is 42.5 Å². The van der Waals surface area contributed by atoms with Crippen LogP contribution in [0.5, 0.6) is 0 Å². The molecule has 0 radical (unpaired) electrons. The van der Waals surface area contributed by atoms with E-state index in [1.807, 2.05) is 0 Å². The lowest BCUT2D eigenvalue weighted by molar-refractivity contribution is 0.628. The summed E-state index contributed by atoms with van der Waals surface area (Å²) in [6.07, 6.45) is 4.86. The molecule has 0 unspecified atom stereocenters. The lowest BCUT2D eigenvalue weighted by atomic mass is 9.89. The lowest BCUT2D eigenvalue weighted by Crippen LogP contribution is -2.02. The zero-order chi connectivity index (χ0) is 12.5. The van der Waals surface area contributed by atoms with E-state index in [4.69, 9.17) is 5.73 Å². The van der Waals surface area contributed by atoms with E-state index < -0.39 is 0 Å². The van der Waals surface area contributed by atoms with Gasteiger partial charge in [0.2, 0.25) is 0 Å². The largest absolute Gasteiger partial charge is 0.398 e. The Morgan fingerprint density at radius 1 is 0.889 bits per heavy atom. The van der Waals surface area contributed by atoms with Crippen LogP contribution in [0.1, 0.15) is 24.0 Å². The van der Waals surface area contributed by atoms with Crippen LogP contribution in [-0.4, -0.2) is 0 Å². The summed E-state index contributed by atoms with van der Waals surface area (Å²) >= 11 is 0. The van der Waals surface area contributed by atoms with Crippen molar-refractivity contribution in [2.75, 3.05) is 5.73 Å². The average Bonchev–Trinajstić information content (AvgIpc) is 2.38. The number of aryl methyl sites for hydroxylation is 2. The molecule has 1 aliphatic rings. The normalized spacial score (nSPS) is 14.3. The molecule has 0 aromatic heterocycles. The Kier molecular flexibility index (Phi) is 2.78. The number of fused-ring (bicyclic) bond motifs is 1. The molecule has 0 atom stereocenters. The fraction of sp³-hybridized carbons (Fsp3) is 0.250. The second-order valence-corrected chi connectivity index (χ2v) is 4.92. The van der Waals surface area contributed by atoms with Gasteiger partial charge in [-0.1, -0.05) is 18.2 Å². The Morgan fingerprint density at radius 2 is 1.67 bits per heavy atom. The summed E-state index contributed by atoms with van der Waals surface area (Å²) in [5, 5.41) is 0. The van der Waals surface area contributed by atoms with Crippen LogP contribution >= 0.6 is 0 Å². The van der Waals surface area contributed by atoms with Crippen molar-refractivity contribution in [3.8, 4) is 11.1 Å². The Balaban J connectivity index is 2.06. The van der Waals surface area contributed by atoms with E-state index in [9.17, 15) is 4.39 Å². The average molecular weight is 241 g/mol. The standard InChI is InChI=1S/C16H16FN/c17-14-7-8-15(16(18)10-14)13-6-5-11-3-1-2-4-12(11)9-13/h5-10H,1-4,18H2. The second kappa shape index (κ2) is 4.45. The van der Waals surface area contributed by atoms with Crippen LogP contribution in [0.15, 0.2) is 36.4 Å². The molecule has 0 amide bonds. The predicted molar refractivity (Wildman–Crippen MR) is 72.9 cm³/mol. The summed E-state index contributed by atoms with van der Waals surface area (Å²) in [6, 6.07) is 11.1. The maximum atomic E-state index is 13.1. The number of benzene rings is 2. The summed E-state index contributed by atoms with van der Waals surface area (Å²) < 4.78 is 13.1. The van der Waals surface area contributed by atoms with Gasteiger partial charge in [-0.15, -0.1) is 0 Å². The maximum absolute atomic E-state index is 13.1. The van der Waals surface area contributed by atoms with Gasteiger partial charge in [-0.05, 0) is 60.6 Å². The molecule has 0 fully saturated rings. The van der Waals surface area contributed by atoms with Gasteiger partial charge < -0.3 is 5.73 Å². The number of hydrogen-bond acceptors (Lipinski definition) is 1. The van der Waals surface area contributed by atoms with Gasteiger partial charge in [-0.25, -0.2) is 4.39 Å². The quantitative estimate of drug-likeness (QED) is 0.751. The first-order chi connectivity index (χ1) is 8.74. The summed E-state index contributed by atoms with van der Waals surface area (Å²) in [4.78, 5) is 0. The minimum Gasteiger partial charge on any atom is -0.398 e. The van der Waals surface area contributed by atoms with E-state index in [-0.39, 0.29) is 5.82 Å². The minimum absolute atomic E-state index is 0.283. The highest BCUT2D eigenvalue weighted by Crippen LogP contribution is 2.30. The fourth-order valence-electron chi connectivity index (χ4n) is 2.70. The van der Waals surface area contributed by atoms with Crippen molar-refractivity contribution in [3.05, 3.63) is 53.3 Å². The number of hydrogen-bond donors (Lipinski definition) is 1. The first-order valence-corrected chi connectivity index (χ1v) is 6.41. The summed E-state index contributed by atoms with van der Waals surface area (Å²) in [5.74, 6) is -0.283. The molecule has 3 rings (SSSR count). The molecule has 1 aliphatic carbocycles. The maximum Gasteiger partial charge on any atom is 0.125 e. The molecule has 0 saturated carbocycles. The third-order valence-electron chi connectivity index (χ3n) is 3.67. The molecule has 0 saturated heterocycles. The van der Waals surface area contributed by atoms with Crippen molar-refractivity contribution in [1.82, 2.24) is 0 Å². The van der Waals surface area contributed by atoms with Crippen LogP contribution in [0.2, 0.25) is 0 Å². The molecule has 0 heterocycles. The van der Waals surface area contributed by atoms with E-state index in [0.29, 0.717) is 5.69 Å². The predicted octanol–water partition coefficient (Wildman–Crippen LogP) is 3.95. The van der Waals surface area contributed by atoms with Crippen LogP contribution in [0, 0.1) is 5.82 Å². The third kappa shape index (κ3) is 1.99. The van der Waals surface area contributed by atoms with Gasteiger partial charge in [0, 0.05) is 11.3 Å².